The highest BCUT2D eigenvalue weighted by atomic mass is 16.4. The van der Waals surface area contributed by atoms with Gasteiger partial charge >= 0.3 is 5.97 Å². The van der Waals surface area contributed by atoms with Gasteiger partial charge in [0, 0.05) is 11.6 Å². The van der Waals surface area contributed by atoms with E-state index in [4.69, 9.17) is 5.11 Å². The van der Waals surface area contributed by atoms with Crippen molar-refractivity contribution in [2.24, 2.45) is 0 Å². The number of H-pyrrole nitrogens is 1. The standard InChI is InChI=1S/C13H15N5O3/c1-13(2,3)12-16-9(17-18-12)10(19)15-8-6-14-5-4-7(8)11(20)21/h4-6H,1-3H3,(H,15,19)(H,20,21)(H,16,17,18). The van der Waals surface area contributed by atoms with Crippen LogP contribution in [0.25, 0.3) is 0 Å². The average molecular weight is 289 g/mol. The lowest BCUT2D eigenvalue weighted by Gasteiger charge is -2.12. The van der Waals surface area contributed by atoms with E-state index in [1.54, 1.807) is 0 Å². The first-order valence-electron chi connectivity index (χ1n) is 6.20. The van der Waals surface area contributed by atoms with Crippen molar-refractivity contribution in [2.45, 2.75) is 26.2 Å². The smallest absolute Gasteiger partial charge is 0.337 e. The van der Waals surface area contributed by atoms with Gasteiger partial charge in [-0.3, -0.25) is 14.9 Å². The van der Waals surface area contributed by atoms with Crippen molar-refractivity contribution in [1.29, 1.82) is 0 Å². The van der Waals surface area contributed by atoms with Crippen LogP contribution in [-0.4, -0.2) is 37.1 Å². The zero-order chi connectivity index (χ0) is 15.6. The minimum atomic E-state index is -1.15. The van der Waals surface area contributed by atoms with Crippen LogP contribution >= 0.6 is 0 Å². The van der Waals surface area contributed by atoms with Crippen LogP contribution in [0.3, 0.4) is 0 Å². The highest BCUT2D eigenvalue weighted by Gasteiger charge is 2.22. The molecule has 110 valence electrons. The molecule has 0 spiro atoms. The molecule has 21 heavy (non-hydrogen) atoms. The van der Waals surface area contributed by atoms with Crippen LogP contribution in [0.5, 0.6) is 0 Å². The lowest BCUT2D eigenvalue weighted by molar-refractivity contribution is 0.0698. The lowest BCUT2D eigenvalue weighted by Crippen LogP contribution is -2.17. The number of hydrogen-bond donors (Lipinski definition) is 3. The number of hydrogen-bond acceptors (Lipinski definition) is 5. The number of rotatable bonds is 3. The Morgan fingerprint density at radius 2 is 2.05 bits per heavy atom. The second-order valence-electron chi connectivity index (χ2n) is 5.44. The van der Waals surface area contributed by atoms with Gasteiger partial charge in [0.15, 0.2) is 0 Å². The summed E-state index contributed by atoms with van der Waals surface area (Å²) < 4.78 is 0. The van der Waals surface area contributed by atoms with Crippen molar-refractivity contribution >= 4 is 17.6 Å². The van der Waals surface area contributed by atoms with Gasteiger partial charge in [-0.2, -0.15) is 0 Å². The van der Waals surface area contributed by atoms with Gasteiger partial charge in [0.2, 0.25) is 5.82 Å². The van der Waals surface area contributed by atoms with E-state index < -0.39 is 11.9 Å². The number of anilines is 1. The fourth-order valence-electron chi connectivity index (χ4n) is 1.56. The number of aromatic nitrogens is 4. The summed E-state index contributed by atoms with van der Waals surface area (Å²) in [5.74, 6) is -1.24. The molecule has 0 saturated carbocycles. The molecule has 0 unspecified atom stereocenters. The third kappa shape index (κ3) is 3.22. The number of pyridine rings is 1. The minimum Gasteiger partial charge on any atom is -0.478 e. The van der Waals surface area contributed by atoms with E-state index in [0.29, 0.717) is 5.82 Å². The zero-order valence-electron chi connectivity index (χ0n) is 11.8. The van der Waals surface area contributed by atoms with E-state index in [1.807, 2.05) is 20.8 Å². The Morgan fingerprint density at radius 3 is 2.62 bits per heavy atom. The van der Waals surface area contributed by atoms with E-state index in [0.717, 1.165) is 0 Å². The Bertz CT molecular complexity index is 687. The fraction of sp³-hybridized carbons (Fsp3) is 0.308. The summed E-state index contributed by atoms with van der Waals surface area (Å²) in [6.07, 6.45) is 2.60. The third-order valence-electron chi connectivity index (χ3n) is 2.70. The molecule has 2 rings (SSSR count). The van der Waals surface area contributed by atoms with Crippen LogP contribution in [-0.2, 0) is 5.41 Å². The summed E-state index contributed by atoms with van der Waals surface area (Å²) in [4.78, 5) is 31.0. The van der Waals surface area contributed by atoms with Gasteiger partial charge in [-0.25, -0.2) is 9.78 Å². The van der Waals surface area contributed by atoms with Crippen LogP contribution in [0.4, 0.5) is 5.69 Å². The Hall–Kier alpha value is -2.77. The van der Waals surface area contributed by atoms with E-state index >= 15 is 0 Å². The SMILES string of the molecule is CC(C)(C)c1nc(C(=O)Nc2cnccc2C(=O)O)n[nH]1. The zero-order valence-corrected chi connectivity index (χ0v) is 11.8. The maximum absolute atomic E-state index is 12.1. The van der Waals surface area contributed by atoms with Crippen molar-refractivity contribution in [3.05, 3.63) is 35.7 Å². The van der Waals surface area contributed by atoms with Crippen LogP contribution in [0.2, 0.25) is 0 Å². The molecule has 8 nitrogen and oxygen atoms in total. The number of nitrogens with zero attached hydrogens (tertiary/aromatic N) is 3. The molecule has 1 amide bonds. The highest BCUT2D eigenvalue weighted by molar-refractivity contribution is 6.05. The molecule has 0 aliphatic rings. The van der Waals surface area contributed by atoms with E-state index in [-0.39, 0.29) is 22.5 Å². The predicted molar refractivity (Wildman–Crippen MR) is 74.2 cm³/mol. The Balaban J connectivity index is 2.23. The van der Waals surface area contributed by atoms with Crippen LogP contribution in [0, 0.1) is 0 Å². The summed E-state index contributed by atoms with van der Waals surface area (Å²) in [7, 11) is 0. The number of carbonyl (C=O) groups excluding carboxylic acids is 1. The highest BCUT2D eigenvalue weighted by Crippen LogP contribution is 2.18. The number of nitrogens with one attached hydrogen (secondary N) is 2. The first kappa shape index (κ1) is 14.6. The van der Waals surface area contributed by atoms with Gasteiger partial charge in [-0.05, 0) is 6.07 Å². The minimum absolute atomic E-state index is 0.0510. The second kappa shape index (κ2) is 5.31. The van der Waals surface area contributed by atoms with Crippen molar-refractivity contribution in [2.75, 3.05) is 5.32 Å². The summed E-state index contributed by atoms with van der Waals surface area (Å²) in [5.41, 5.74) is -0.228. The number of carbonyl (C=O) groups is 2. The third-order valence-corrected chi connectivity index (χ3v) is 2.70. The number of aromatic carboxylic acids is 1. The fourth-order valence-corrected chi connectivity index (χ4v) is 1.56. The van der Waals surface area contributed by atoms with Gasteiger partial charge in [-0.15, -0.1) is 5.10 Å². The number of carboxylic acid groups (broad SMARTS) is 1. The summed E-state index contributed by atoms with van der Waals surface area (Å²) >= 11 is 0. The first-order chi connectivity index (χ1) is 9.79. The summed E-state index contributed by atoms with van der Waals surface area (Å²) in [6.45, 7) is 5.79. The van der Waals surface area contributed by atoms with Gasteiger partial charge in [-0.1, -0.05) is 20.8 Å². The van der Waals surface area contributed by atoms with Crippen molar-refractivity contribution in [1.82, 2.24) is 20.2 Å². The number of aromatic amines is 1. The molecular formula is C13H15N5O3. The Kier molecular flexibility index (Phi) is 3.70. The molecular weight excluding hydrogens is 274 g/mol. The molecule has 0 radical (unpaired) electrons. The molecule has 0 bridgehead atoms. The lowest BCUT2D eigenvalue weighted by atomic mass is 9.96. The van der Waals surface area contributed by atoms with Gasteiger partial charge in [0.25, 0.3) is 5.91 Å². The van der Waals surface area contributed by atoms with Crippen molar-refractivity contribution in [3.8, 4) is 0 Å². The van der Waals surface area contributed by atoms with Crippen molar-refractivity contribution in [3.63, 3.8) is 0 Å². The largest absolute Gasteiger partial charge is 0.478 e. The Morgan fingerprint density at radius 1 is 1.33 bits per heavy atom. The molecule has 0 fully saturated rings. The molecule has 0 aliphatic carbocycles. The molecule has 0 aromatic carbocycles. The number of carboxylic acids is 1. The summed E-state index contributed by atoms with van der Waals surface area (Å²) in [6, 6.07) is 1.30. The molecule has 0 atom stereocenters. The van der Waals surface area contributed by atoms with Crippen molar-refractivity contribution < 1.29 is 14.7 Å². The molecule has 2 aromatic rings. The molecule has 0 saturated heterocycles. The van der Waals surface area contributed by atoms with Crippen LogP contribution in [0.15, 0.2) is 18.5 Å². The molecule has 3 N–H and O–H groups in total. The first-order valence-corrected chi connectivity index (χ1v) is 6.20. The normalized spacial score (nSPS) is 11.2. The molecule has 2 aromatic heterocycles. The maximum atomic E-state index is 12.1. The topological polar surface area (TPSA) is 121 Å². The van der Waals surface area contributed by atoms with Crippen LogP contribution in [0.1, 0.15) is 47.6 Å². The van der Waals surface area contributed by atoms with E-state index in [2.05, 4.69) is 25.5 Å². The monoisotopic (exact) mass is 289 g/mol. The Labute approximate surface area is 120 Å². The quantitative estimate of drug-likeness (QED) is 0.786. The predicted octanol–water partition coefficient (Wildman–Crippen LogP) is 1.45. The van der Waals surface area contributed by atoms with E-state index in [1.165, 1.54) is 18.5 Å². The van der Waals surface area contributed by atoms with Gasteiger partial charge in [0.1, 0.15) is 5.82 Å². The maximum Gasteiger partial charge on any atom is 0.337 e. The average Bonchev–Trinajstić information content (AvgIpc) is 2.88. The molecule has 8 heteroatoms. The summed E-state index contributed by atoms with van der Waals surface area (Å²) in [5, 5.41) is 18.0. The second-order valence-corrected chi connectivity index (χ2v) is 5.44. The van der Waals surface area contributed by atoms with Gasteiger partial charge < -0.3 is 10.4 Å². The molecule has 2 heterocycles. The number of amides is 1. The van der Waals surface area contributed by atoms with Gasteiger partial charge in [0.05, 0.1) is 17.4 Å². The van der Waals surface area contributed by atoms with E-state index in [9.17, 15) is 9.59 Å². The molecule has 0 aliphatic heterocycles. The van der Waals surface area contributed by atoms with Crippen LogP contribution < -0.4 is 5.32 Å².